The van der Waals surface area contributed by atoms with Crippen molar-refractivity contribution in [1.29, 1.82) is 0 Å². The van der Waals surface area contributed by atoms with E-state index in [0.717, 1.165) is 108 Å². The second-order valence-electron chi connectivity index (χ2n) is 14.6. The third-order valence-corrected chi connectivity index (χ3v) is 11.5. The van der Waals surface area contributed by atoms with E-state index in [1.54, 1.807) is 0 Å². The van der Waals surface area contributed by atoms with E-state index >= 15 is 0 Å². The summed E-state index contributed by atoms with van der Waals surface area (Å²) in [6.45, 7) is 18.4. The van der Waals surface area contributed by atoms with E-state index in [-0.39, 0.29) is 18.2 Å². The van der Waals surface area contributed by atoms with Crippen molar-refractivity contribution < 1.29 is 24.6 Å². The van der Waals surface area contributed by atoms with Gasteiger partial charge < -0.3 is 39.7 Å². The van der Waals surface area contributed by atoms with Gasteiger partial charge in [-0.05, 0) is 133 Å². The van der Waals surface area contributed by atoms with Crippen molar-refractivity contribution in [2.45, 2.75) is 132 Å². The molecule has 0 aliphatic carbocycles. The number of carbonyl (C=O) groups is 1. The molecule has 6 heterocycles. The van der Waals surface area contributed by atoms with Gasteiger partial charge in [0.2, 0.25) is 11.8 Å². The number of unbranched alkanes of at least 4 members (excludes halogenated alkanes) is 2. The Balaban J connectivity index is 1.50. The van der Waals surface area contributed by atoms with Crippen LogP contribution in [0.1, 0.15) is 148 Å². The van der Waals surface area contributed by atoms with Crippen LogP contribution in [0.25, 0.3) is 24.0 Å². The molecule has 0 saturated carbocycles. The van der Waals surface area contributed by atoms with Crippen LogP contribution >= 0.6 is 0 Å². The summed E-state index contributed by atoms with van der Waals surface area (Å²) in [5.74, 6) is -0.360. The average molecular weight is 764 g/mol. The quantitative estimate of drug-likeness (QED) is 0.0695. The molecule has 0 radical (unpaired) electrons. The van der Waals surface area contributed by atoms with Gasteiger partial charge in [0.15, 0.2) is 5.76 Å². The number of hydrogen-bond donors (Lipinski definition) is 6. The summed E-state index contributed by atoms with van der Waals surface area (Å²) < 4.78 is 7.66. The number of aromatic hydroxyl groups is 2. The highest BCUT2D eigenvalue weighted by molar-refractivity contribution is 5.70. The predicted octanol–water partition coefficient (Wildman–Crippen LogP) is 5.90. The third kappa shape index (κ3) is 7.62. The van der Waals surface area contributed by atoms with Crippen molar-refractivity contribution in [3.8, 4) is 11.8 Å². The van der Waals surface area contributed by atoms with Gasteiger partial charge in [-0.15, -0.1) is 4.73 Å². The molecule has 0 saturated heterocycles. The highest BCUT2D eigenvalue weighted by Gasteiger charge is 2.23. The molecule has 5 aromatic heterocycles. The Hall–Kier alpha value is -5.25. The lowest BCUT2D eigenvalue weighted by Crippen LogP contribution is -2.20. The molecular formula is C46H61N5O5. The lowest BCUT2D eigenvalue weighted by atomic mass is 10.00. The van der Waals surface area contributed by atoms with Crippen LogP contribution < -0.4 is 26.2 Å². The number of aromatic nitrogens is 5. The SMILES string of the molecule is CCc1c2[nH]c(c1CC)C=c1[nH]c(c(CC)c1CC)=C(OCCCCCC(=O)On1c(O)ccc1O)c1[nH]c(c(CC)c1CC)C=c1[nH]c(c(CC)c1CC)=C2. The van der Waals surface area contributed by atoms with Gasteiger partial charge in [0.25, 0.3) is 0 Å². The normalized spacial score (nSPS) is 12.4. The molecule has 1 aliphatic rings. The van der Waals surface area contributed by atoms with Crippen LogP contribution in [0.3, 0.4) is 0 Å². The molecular weight excluding hydrogens is 703 g/mol. The molecule has 6 N–H and O–H groups in total. The largest absolute Gasteiger partial charge is 0.492 e. The van der Waals surface area contributed by atoms with Crippen molar-refractivity contribution in [3.63, 3.8) is 0 Å². The Morgan fingerprint density at radius 1 is 0.554 bits per heavy atom. The average Bonchev–Trinajstić information content (AvgIpc) is 3.99. The summed E-state index contributed by atoms with van der Waals surface area (Å²) in [5.41, 5.74) is 15.0. The van der Waals surface area contributed by atoms with Gasteiger partial charge >= 0.3 is 5.97 Å². The van der Waals surface area contributed by atoms with E-state index in [1.165, 1.54) is 67.7 Å². The first-order chi connectivity index (χ1) is 27.2. The maximum Gasteiger partial charge on any atom is 0.333 e. The summed E-state index contributed by atoms with van der Waals surface area (Å²) in [6, 6.07) is 2.53. The predicted molar refractivity (Wildman–Crippen MR) is 224 cm³/mol. The Labute approximate surface area is 330 Å². The second kappa shape index (κ2) is 17.7. The van der Waals surface area contributed by atoms with Crippen LogP contribution in [0.5, 0.6) is 11.8 Å². The van der Waals surface area contributed by atoms with Crippen LogP contribution in [0, 0.1) is 0 Å². The number of fused-ring (bicyclic) bond motifs is 8. The Morgan fingerprint density at radius 2 is 1.02 bits per heavy atom. The van der Waals surface area contributed by atoms with Gasteiger partial charge in [-0.3, -0.25) is 0 Å². The molecule has 0 amide bonds. The van der Waals surface area contributed by atoms with Crippen LogP contribution in [-0.4, -0.2) is 47.5 Å². The van der Waals surface area contributed by atoms with E-state index in [4.69, 9.17) is 9.57 Å². The second-order valence-corrected chi connectivity index (χ2v) is 14.6. The topological polar surface area (TPSA) is 144 Å². The van der Waals surface area contributed by atoms with Gasteiger partial charge in [-0.25, -0.2) is 4.79 Å². The molecule has 0 aromatic carbocycles. The summed E-state index contributed by atoms with van der Waals surface area (Å²) >= 11 is 0. The molecule has 56 heavy (non-hydrogen) atoms. The van der Waals surface area contributed by atoms with Crippen LogP contribution in [0.15, 0.2) is 12.1 Å². The zero-order chi connectivity index (χ0) is 40.1. The van der Waals surface area contributed by atoms with Gasteiger partial charge in [-0.1, -0.05) is 55.4 Å². The molecule has 5 aromatic rings. The summed E-state index contributed by atoms with van der Waals surface area (Å²) in [7, 11) is 0. The van der Waals surface area contributed by atoms with Crippen molar-refractivity contribution in [3.05, 3.63) is 101 Å². The minimum absolute atomic E-state index is 0.149. The van der Waals surface area contributed by atoms with E-state index in [2.05, 4.69) is 93.6 Å². The molecule has 0 atom stereocenters. The third-order valence-electron chi connectivity index (χ3n) is 11.5. The number of nitrogens with zero attached hydrogens (tertiary/aromatic N) is 1. The van der Waals surface area contributed by atoms with Crippen molar-refractivity contribution >= 4 is 30.0 Å². The van der Waals surface area contributed by atoms with E-state index in [0.29, 0.717) is 13.0 Å². The summed E-state index contributed by atoms with van der Waals surface area (Å²) in [5, 5.41) is 24.1. The molecule has 1 aliphatic heterocycles. The highest BCUT2D eigenvalue weighted by Crippen LogP contribution is 2.28. The fourth-order valence-corrected chi connectivity index (χ4v) is 8.84. The summed E-state index contributed by atoms with van der Waals surface area (Å²) in [6.07, 6.45) is 16.4. The van der Waals surface area contributed by atoms with Gasteiger partial charge in [0, 0.05) is 51.7 Å². The highest BCUT2D eigenvalue weighted by atomic mass is 16.7. The maximum atomic E-state index is 12.5. The number of rotatable bonds is 16. The van der Waals surface area contributed by atoms with Crippen LogP contribution in [-0.2, 0) is 60.9 Å². The maximum absolute atomic E-state index is 12.5. The number of hydrogen-bond acceptors (Lipinski definition) is 5. The summed E-state index contributed by atoms with van der Waals surface area (Å²) in [4.78, 5) is 33.2. The molecule has 8 bridgehead atoms. The van der Waals surface area contributed by atoms with Gasteiger partial charge in [-0.2, -0.15) is 0 Å². The van der Waals surface area contributed by atoms with Crippen molar-refractivity contribution in [2.24, 2.45) is 0 Å². The van der Waals surface area contributed by atoms with Crippen LogP contribution in [0.2, 0.25) is 0 Å². The minimum Gasteiger partial charge on any atom is -0.492 e. The molecule has 0 fully saturated rings. The standard InChI is InChI=1S/C46H61N5O5/c1-9-27-29(11-3)37-25-39-31(13-5)33(15-7)44(49-39)46(55-23-19-17-18-20-43(54)56-51-41(52)21-22-42(51)53)45-34(16-8)32(14-6)40(50-45)26-38-30(12-4)28(10-2)36(48-38)24-35(27)47-37/h21-22,24-26,47-50,52-53H,9-20,23H2,1-8H3. The first kappa shape index (κ1) is 40.4. The van der Waals surface area contributed by atoms with Crippen molar-refractivity contribution in [1.82, 2.24) is 24.7 Å². The number of aromatic amines is 4. The Morgan fingerprint density at radius 3 is 1.54 bits per heavy atom. The van der Waals surface area contributed by atoms with E-state index < -0.39 is 5.97 Å². The molecule has 300 valence electrons. The van der Waals surface area contributed by atoms with E-state index in [9.17, 15) is 15.0 Å². The molecule has 10 heteroatoms. The number of H-pyrrole nitrogens is 4. The zero-order valence-corrected chi connectivity index (χ0v) is 34.6. The van der Waals surface area contributed by atoms with Gasteiger partial charge in [0.1, 0.15) is 0 Å². The number of ether oxygens (including phenoxy) is 1. The molecule has 0 unspecified atom stereocenters. The molecule has 0 spiro atoms. The van der Waals surface area contributed by atoms with Gasteiger partial charge in [0.05, 0.1) is 17.6 Å². The van der Waals surface area contributed by atoms with Crippen LogP contribution in [0.4, 0.5) is 0 Å². The molecule has 10 nitrogen and oxygen atoms in total. The minimum atomic E-state index is -0.528. The van der Waals surface area contributed by atoms with Crippen molar-refractivity contribution in [2.75, 3.05) is 6.61 Å². The number of nitrogens with one attached hydrogen (secondary N) is 4. The fourth-order valence-electron chi connectivity index (χ4n) is 8.84. The first-order valence-electron chi connectivity index (χ1n) is 21.0. The first-order valence-corrected chi connectivity index (χ1v) is 21.0. The Kier molecular flexibility index (Phi) is 12.8. The lowest BCUT2D eigenvalue weighted by Gasteiger charge is -2.13. The monoisotopic (exact) mass is 763 g/mol. The smallest absolute Gasteiger partial charge is 0.333 e. The van der Waals surface area contributed by atoms with E-state index in [1.807, 2.05) is 0 Å². The lowest BCUT2D eigenvalue weighted by molar-refractivity contribution is -0.145. The number of carbonyl (C=O) groups excluding carboxylic acids is 1. The Bertz CT molecular complexity index is 2430. The zero-order valence-electron chi connectivity index (χ0n) is 34.6. The fraction of sp³-hybridized carbons (Fsp3) is 0.457. The molecule has 6 rings (SSSR count).